The molecule has 0 aromatic carbocycles. The first-order chi connectivity index (χ1) is 13.3. The molecule has 0 rings (SSSR count). The maximum absolute atomic E-state index is 12.1. The summed E-state index contributed by atoms with van der Waals surface area (Å²) in [5.74, 6) is -0.124. The van der Waals surface area contributed by atoms with Gasteiger partial charge in [-0.1, -0.05) is 92.9 Å². The van der Waals surface area contributed by atoms with E-state index in [2.05, 4.69) is 27.7 Å². The molecule has 4 heteroatoms. The van der Waals surface area contributed by atoms with Crippen LogP contribution in [0.5, 0.6) is 0 Å². The van der Waals surface area contributed by atoms with E-state index in [4.69, 9.17) is 9.78 Å². The van der Waals surface area contributed by atoms with Crippen molar-refractivity contribution < 1.29 is 19.4 Å². The molecule has 0 aromatic heterocycles. The van der Waals surface area contributed by atoms with E-state index in [1.807, 2.05) is 13.8 Å². The third-order valence-electron chi connectivity index (χ3n) is 5.80. The van der Waals surface area contributed by atoms with Gasteiger partial charge >= 0.3 is 11.9 Å². The second-order valence-electron chi connectivity index (χ2n) is 8.96. The third-order valence-corrected chi connectivity index (χ3v) is 5.80. The van der Waals surface area contributed by atoms with Gasteiger partial charge in [0.25, 0.3) is 0 Å². The van der Waals surface area contributed by atoms with Gasteiger partial charge in [0.05, 0.1) is 11.8 Å². The highest BCUT2D eigenvalue weighted by molar-refractivity contribution is 5.75. The van der Waals surface area contributed by atoms with Crippen molar-refractivity contribution in [2.24, 2.45) is 23.7 Å². The van der Waals surface area contributed by atoms with Crippen molar-refractivity contribution in [2.45, 2.75) is 119 Å². The molecular formula is C24H46O4. The molecule has 28 heavy (non-hydrogen) atoms. The van der Waals surface area contributed by atoms with Crippen LogP contribution in [0.4, 0.5) is 0 Å². The fourth-order valence-electron chi connectivity index (χ4n) is 3.33. The minimum Gasteiger partial charge on any atom is -0.247 e. The molecule has 0 aliphatic carbocycles. The summed E-state index contributed by atoms with van der Waals surface area (Å²) in [4.78, 5) is 33.7. The summed E-state index contributed by atoms with van der Waals surface area (Å²) in [6.45, 7) is 12.6. The highest BCUT2D eigenvalue weighted by atomic mass is 17.2. The fourth-order valence-corrected chi connectivity index (χ4v) is 3.33. The number of unbranched alkanes of at least 4 members (excludes halogenated alkanes) is 4. The maximum Gasteiger partial charge on any atom is 0.358 e. The molecule has 0 spiro atoms. The van der Waals surface area contributed by atoms with Crippen molar-refractivity contribution in [3.05, 3.63) is 0 Å². The third kappa shape index (κ3) is 14.0. The van der Waals surface area contributed by atoms with E-state index in [0.29, 0.717) is 11.8 Å². The van der Waals surface area contributed by atoms with Crippen molar-refractivity contribution in [1.82, 2.24) is 0 Å². The van der Waals surface area contributed by atoms with E-state index in [-0.39, 0.29) is 11.8 Å². The largest absolute Gasteiger partial charge is 0.358 e. The monoisotopic (exact) mass is 398 g/mol. The van der Waals surface area contributed by atoms with Gasteiger partial charge < -0.3 is 0 Å². The van der Waals surface area contributed by atoms with E-state index in [9.17, 15) is 9.59 Å². The maximum atomic E-state index is 12.1. The summed E-state index contributed by atoms with van der Waals surface area (Å²) in [5.41, 5.74) is 0. The van der Waals surface area contributed by atoms with Crippen molar-refractivity contribution in [1.29, 1.82) is 0 Å². The van der Waals surface area contributed by atoms with Crippen molar-refractivity contribution in [3.8, 4) is 0 Å². The van der Waals surface area contributed by atoms with E-state index in [1.54, 1.807) is 0 Å². The van der Waals surface area contributed by atoms with E-state index >= 15 is 0 Å². The Morgan fingerprint density at radius 2 is 0.929 bits per heavy atom. The van der Waals surface area contributed by atoms with Crippen LogP contribution in [0, 0.1) is 23.7 Å². The van der Waals surface area contributed by atoms with Gasteiger partial charge in [0.1, 0.15) is 0 Å². The Morgan fingerprint density at radius 1 is 0.571 bits per heavy atom. The van der Waals surface area contributed by atoms with E-state index in [0.717, 1.165) is 25.7 Å². The summed E-state index contributed by atoms with van der Waals surface area (Å²) in [7, 11) is 0. The zero-order valence-corrected chi connectivity index (χ0v) is 19.4. The first-order valence-corrected chi connectivity index (χ1v) is 11.7. The van der Waals surface area contributed by atoms with Gasteiger partial charge in [-0.05, 0) is 37.5 Å². The molecule has 0 fully saturated rings. The van der Waals surface area contributed by atoms with E-state index in [1.165, 1.54) is 51.4 Å². The number of carbonyl (C=O) groups is 2. The number of carbonyl (C=O) groups excluding carboxylic acids is 2. The molecule has 166 valence electrons. The molecule has 0 saturated heterocycles. The number of hydrogen-bond acceptors (Lipinski definition) is 4. The van der Waals surface area contributed by atoms with Gasteiger partial charge in [-0.15, -0.1) is 0 Å². The van der Waals surface area contributed by atoms with Crippen LogP contribution in [-0.4, -0.2) is 11.9 Å². The average Bonchev–Trinajstić information content (AvgIpc) is 2.68. The SMILES string of the molecule is CCCCCC(C)CCC(C)C(=O)OOC(=O)C(C)CCC(C)CCCCC. The average molecular weight is 399 g/mol. The van der Waals surface area contributed by atoms with Crippen LogP contribution >= 0.6 is 0 Å². The molecule has 0 aliphatic rings. The van der Waals surface area contributed by atoms with Crippen molar-refractivity contribution in [2.75, 3.05) is 0 Å². The molecule has 0 aliphatic heterocycles. The van der Waals surface area contributed by atoms with Crippen LogP contribution in [0.3, 0.4) is 0 Å². The summed E-state index contributed by atoms with van der Waals surface area (Å²) in [5, 5.41) is 0. The first-order valence-electron chi connectivity index (χ1n) is 11.7. The topological polar surface area (TPSA) is 52.6 Å². The van der Waals surface area contributed by atoms with Crippen LogP contribution < -0.4 is 0 Å². The Hall–Kier alpha value is -1.06. The Labute approximate surface area is 174 Å². The molecule has 0 radical (unpaired) electrons. The molecule has 0 aromatic rings. The van der Waals surface area contributed by atoms with Crippen LogP contribution in [0.15, 0.2) is 0 Å². The Kier molecular flexibility index (Phi) is 16.2. The zero-order chi connectivity index (χ0) is 21.4. The molecule has 0 saturated carbocycles. The van der Waals surface area contributed by atoms with E-state index < -0.39 is 11.9 Å². The summed E-state index contributed by atoms with van der Waals surface area (Å²) < 4.78 is 0. The van der Waals surface area contributed by atoms with Gasteiger partial charge in [-0.25, -0.2) is 19.4 Å². The second kappa shape index (κ2) is 16.9. The fraction of sp³-hybridized carbons (Fsp3) is 0.917. The van der Waals surface area contributed by atoms with Gasteiger partial charge in [0.15, 0.2) is 0 Å². The van der Waals surface area contributed by atoms with Crippen molar-refractivity contribution >= 4 is 11.9 Å². The molecule has 4 unspecified atom stereocenters. The molecular weight excluding hydrogens is 352 g/mol. The second-order valence-corrected chi connectivity index (χ2v) is 8.96. The lowest BCUT2D eigenvalue weighted by molar-refractivity contribution is -0.265. The van der Waals surface area contributed by atoms with Crippen LogP contribution in [0.25, 0.3) is 0 Å². The normalized spacial score (nSPS) is 15.5. The predicted molar refractivity (Wildman–Crippen MR) is 116 cm³/mol. The quantitative estimate of drug-likeness (QED) is 0.156. The highest BCUT2D eigenvalue weighted by Crippen LogP contribution is 2.21. The smallest absolute Gasteiger partial charge is 0.247 e. The standard InChI is InChI=1S/C24H46O4/c1-7-9-11-13-19(3)15-17-21(5)23(25)27-28-24(26)22(6)18-16-20(4)14-12-10-8-2/h19-22H,7-18H2,1-6H3. The molecule has 0 bridgehead atoms. The summed E-state index contributed by atoms with van der Waals surface area (Å²) >= 11 is 0. The lowest BCUT2D eigenvalue weighted by atomic mass is 9.94. The van der Waals surface area contributed by atoms with Crippen LogP contribution in [0.2, 0.25) is 0 Å². The molecule has 0 amide bonds. The molecule has 0 N–H and O–H groups in total. The van der Waals surface area contributed by atoms with Gasteiger partial charge in [-0.2, -0.15) is 0 Å². The molecule has 4 nitrogen and oxygen atoms in total. The molecule has 0 heterocycles. The van der Waals surface area contributed by atoms with Gasteiger partial charge in [0, 0.05) is 0 Å². The summed E-state index contributed by atoms with van der Waals surface area (Å²) in [6.07, 6.45) is 13.5. The highest BCUT2D eigenvalue weighted by Gasteiger charge is 2.22. The van der Waals surface area contributed by atoms with Crippen molar-refractivity contribution in [3.63, 3.8) is 0 Å². The predicted octanol–water partition coefficient (Wildman–Crippen LogP) is 7.25. The van der Waals surface area contributed by atoms with Crippen LogP contribution in [0.1, 0.15) is 119 Å². The Morgan fingerprint density at radius 3 is 1.25 bits per heavy atom. The lowest BCUT2D eigenvalue weighted by Gasteiger charge is -2.16. The lowest BCUT2D eigenvalue weighted by Crippen LogP contribution is -2.22. The zero-order valence-electron chi connectivity index (χ0n) is 19.4. The van der Waals surface area contributed by atoms with Gasteiger partial charge in [-0.3, -0.25) is 0 Å². The minimum absolute atomic E-state index is 0.240. The number of hydrogen-bond donors (Lipinski definition) is 0. The molecule has 4 atom stereocenters. The number of rotatable bonds is 16. The summed E-state index contributed by atoms with van der Waals surface area (Å²) in [6, 6.07) is 0. The minimum atomic E-state index is -0.436. The van der Waals surface area contributed by atoms with Crippen LogP contribution in [-0.2, 0) is 19.4 Å². The Balaban J connectivity index is 3.97. The first kappa shape index (κ1) is 26.9. The Bertz CT molecular complexity index is 369. The van der Waals surface area contributed by atoms with Gasteiger partial charge in [0.2, 0.25) is 0 Å².